The van der Waals surface area contributed by atoms with Crippen LogP contribution in [0.25, 0.3) is 5.65 Å². The highest BCUT2D eigenvalue weighted by atomic mass is 35.5. The third-order valence-electron chi connectivity index (χ3n) is 1.50. The van der Waals surface area contributed by atoms with Crippen LogP contribution in [0, 0.1) is 0 Å². The Morgan fingerprint density at radius 3 is 2.75 bits per heavy atom. The Morgan fingerprint density at radius 1 is 1.25 bits per heavy atom. The first-order valence-corrected chi connectivity index (χ1v) is 3.56. The molecular weight excluding hydrogens is 182 g/mol. The molecule has 0 unspecified atom stereocenters. The minimum Gasteiger partial charge on any atom is -0.293 e. The molecule has 2 aromatic rings. The monoisotopic (exact) mass is 185 g/mol. The quantitative estimate of drug-likeness (QED) is 0.605. The summed E-state index contributed by atoms with van der Waals surface area (Å²) >= 11 is 5.65. The van der Waals surface area contributed by atoms with Crippen molar-refractivity contribution in [2.24, 2.45) is 0 Å². The van der Waals surface area contributed by atoms with Gasteiger partial charge in [0.05, 0.1) is 0 Å². The van der Waals surface area contributed by atoms with Crippen molar-refractivity contribution in [2.75, 3.05) is 0 Å². The SMILES string of the molecule is O=c1[nH]c(=O)n2c(Cl)ccc2[nH]1. The Hall–Kier alpha value is -1.49. The van der Waals surface area contributed by atoms with E-state index in [0.29, 0.717) is 5.65 Å². The lowest BCUT2D eigenvalue weighted by atomic mass is 10.6. The molecule has 0 saturated heterocycles. The molecule has 0 aliphatic rings. The molecule has 0 spiro atoms. The third-order valence-corrected chi connectivity index (χ3v) is 1.79. The summed E-state index contributed by atoms with van der Waals surface area (Å²) in [7, 11) is 0. The molecule has 62 valence electrons. The lowest BCUT2D eigenvalue weighted by Gasteiger charge is -1.91. The third kappa shape index (κ3) is 0.868. The average Bonchev–Trinajstić information content (AvgIpc) is 2.31. The Kier molecular flexibility index (Phi) is 1.34. The number of nitrogens with zero attached hydrogens (tertiary/aromatic N) is 1. The molecule has 0 atom stereocenters. The summed E-state index contributed by atoms with van der Waals surface area (Å²) in [5.74, 6) is 0. The van der Waals surface area contributed by atoms with Gasteiger partial charge in [0.15, 0.2) is 0 Å². The molecule has 0 aromatic carbocycles. The zero-order valence-electron chi connectivity index (χ0n) is 5.80. The summed E-state index contributed by atoms with van der Waals surface area (Å²) in [6.07, 6.45) is 0. The fourth-order valence-electron chi connectivity index (χ4n) is 1.02. The molecule has 2 rings (SSSR count). The van der Waals surface area contributed by atoms with Crippen molar-refractivity contribution < 1.29 is 0 Å². The maximum atomic E-state index is 11.1. The van der Waals surface area contributed by atoms with Gasteiger partial charge in [-0.15, -0.1) is 0 Å². The number of hydrogen-bond donors (Lipinski definition) is 2. The van der Waals surface area contributed by atoms with Gasteiger partial charge in [-0.1, -0.05) is 11.6 Å². The van der Waals surface area contributed by atoms with Crippen LogP contribution in [0.2, 0.25) is 5.15 Å². The maximum Gasteiger partial charge on any atom is 0.336 e. The molecule has 5 nitrogen and oxygen atoms in total. The van der Waals surface area contributed by atoms with Crippen LogP contribution in [0.15, 0.2) is 21.7 Å². The lowest BCUT2D eigenvalue weighted by Crippen LogP contribution is -2.27. The predicted octanol–water partition coefficient (Wildman–Crippen LogP) is -0.0307. The van der Waals surface area contributed by atoms with E-state index >= 15 is 0 Å². The molecule has 0 bridgehead atoms. The number of aromatic amines is 2. The summed E-state index contributed by atoms with van der Waals surface area (Å²) in [5, 5.41) is 0.266. The predicted molar refractivity (Wildman–Crippen MR) is 43.6 cm³/mol. The van der Waals surface area contributed by atoms with Crippen LogP contribution in [0.5, 0.6) is 0 Å². The highest BCUT2D eigenvalue weighted by molar-refractivity contribution is 6.29. The van der Waals surface area contributed by atoms with Crippen LogP contribution in [0.1, 0.15) is 0 Å². The number of rotatable bonds is 0. The molecular formula is C6H4ClN3O2. The molecule has 12 heavy (non-hydrogen) atoms. The molecule has 2 N–H and O–H groups in total. The smallest absolute Gasteiger partial charge is 0.293 e. The van der Waals surface area contributed by atoms with E-state index in [-0.39, 0.29) is 5.15 Å². The van der Waals surface area contributed by atoms with Crippen LogP contribution >= 0.6 is 11.6 Å². The van der Waals surface area contributed by atoms with Crippen molar-refractivity contribution in [1.29, 1.82) is 0 Å². The maximum absolute atomic E-state index is 11.1. The fraction of sp³-hybridized carbons (Fsp3) is 0. The summed E-state index contributed by atoms with van der Waals surface area (Å²) in [5.41, 5.74) is -0.695. The Labute approximate surface area is 70.6 Å². The Balaban J connectivity index is 3.13. The lowest BCUT2D eigenvalue weighted by molar-refractivity contribution is 0.917. The molecule has 0 fully saturated rings. The zero-order valence-corrected chi connectivity index (χ0v) is 6.55. The van der Waals surface area contributed by atoms with Gasteiger partial charge in [0, 0.05) is 0 Å². The molecule has 0 radical (unpaired) electrons. The van der Waals surface area contributed by atoms with E-state index in [4.69, 9.17) is 11.6 Å². The summed E-state index contributed by atoms with van der Waals surface area (Å²) in [6.45, 7) is 0. The minimum absolute atomic E-state index is 0.266. The standard InChI is InChI=1S/C6H4ClN3O2/c7-3-1-2-4-8-5(11)9-6(12)10(3)4/h1-2H,(H2,8,9,11,12). The number of halogens is 1. The van der Waals surface area contributed by atoms with E-state index < -0.39 is 11.4 Å². The van der Waals surface area contributed by atoms with Crippen molar-refractivity contribution in [3.63, 3.8) is 0 Å². The Bertz CT molecular complexity index is 535. The van der Waals surface area contributed by atoms with E-state index in [9.17, 15) is 9.59 Å². The molecule has 0 saturated carbocycles. The van der Waals surface area contributed by atoms with Gasteiger partial charge in [-0.25, -0.2) is 14.0 Å². The van der Waals surface area contributed by atoms with Crippen molar-refractivity contribution >= 4 is 17.2 Å². The normalized spacial score (nSPS) is 10.8. The van der Waals surface area contributed by atoms with Gasteiger partial charge in [-0.3, -0.25) is 9.97 Å². The van der Waals surface area contributed by atoms with Crippen LogP contribution in [-0.4, -0.2) is 14.4 Å². The minimum atomic E-state index is -0.540. The summed E-state index contributed by atoms with van der Waals surface area (Å²) in [6, 6.07) is 3.08. The number of H-pyrrole nitrogens is 2. The molecule has 0 amide bonds. The molecule has 2 aromatic heterocycles. The first-order chi connectivity index (χ1) is 5.68. The van der Waals surface area contributed by atoms with E-state index in [1.807, 2.05) is 0 Å². The van der Waals surface area contributed by atoms with Gasteiger partial charge in [-0.2, -0.15) is 0 Å². The van der Waals surface area contributed by atoms with E-state index in [1.54, 1.807) is 6.07 Å². The first kappa shape index (κ1) is 7.17. The second-order valence-corrected chi connectivity index (χ2v) is 2.65. The fourth-order valence-corrected chi connectivity index (χ4v) is 1.25. The van der Waals surface area contributed by atoms with Crippen molar-refractivity contribution in [1.82, 2.24) is 14.4 Å². The molecule has 0 aliphatic heterocycles. The molecule has 6 heteroatoms. The first-order valence-electron chi connectivity index (χ1n) is 3.18. The van der Waals surface area contributed by atoms with E-state index in [2.05, 4.69) is 9.97 Å². The van der Waals surface area contributed by atoms with E-state index in [0.717, 1.165) is 0 Å². The zero-order chi connectivity index (χ0) is 8.72. The number of aromatic nitrogens is 3. The topological polar surface area (TPSA) is 70.1 Å². The van der Waals surface area contributed by atoms with Gasteiger partial charge < -0.3 is 0 Å². The van der Waals surface area contributed by atoms with Crippen LogP contribution in [0.4, 0.5) is 0 Å². The van der Waals surface area contributed by atoms with Crippen molar-refractivity contribution in [2.45, 2.75) is 0 Å². The highest BCUT2D eigenvalue weighted by Gasteiger charge is 2.02. The molecule has 2 heterocycles. The van der Waals surface area contributed by atoms with Crippen LogP contribution < -0.4 is 11.4 Å². The van der Waals surface area contributed by atoms with Gasteiger partial charge >= 0.3 is 11.4 Å². The second-order valence-electron chi connectivity index (χ2n) is 2.26. The van der Waals surface area contributed by atoms with Crippen LogP contribution in [-0.2, 0) is 0 Å². The molecule has 0 aliphatic carbocycles. The Morgan fingerprint density at radius 2 is 2.00 bits per heavy atom. The number of hydrogen-bond acceptors (Lipinski definition) is 2. The van der Waals surface area contributed by atoms with Gasteiger partial charge in [0.2, 0.25) is 0 Å². The van der Waals surface area contributed by atoms with Crippen LogP contribution in [0.3, 0.4) is 0 Å². The summed E-state index contributed by atoms with van der Waals surface area (Å²) < 4.78 is 1.17. The number of fused-ring (bicyclic) bond motifs is 1. The van der Waals surface area contributed by atoms with Crippen molar-refractivity contribution in [3.8, 4) is 0 Å². The van der Waals surface area contributed by atoms with Gasteiger partial charge in [-0.05, 0) is 12.1 Å². The summed E-state index contributed by atoms with van der Waals surface area (Å²) in [4.78, 5) is 26.3. The highest BCUT2D eigenvalue weighted by Crippen LogP contribution is 2.08. The van der Waals surface area contributed by atoms with Crippen molar-refractivity contribution in [3.05, 3.63) is 38.3 Å². The second kappa shape index (κ2) is 2.25. The largest absolute Gasteiger partial charge is 0.336 e. The van der Waals surface area contributed by atoms with Gasteiger partial charge in [0.1, 0.15) is 10.8 Å². The average molecular weight is 186 g/mol. The number of nitrogens with one attached hydrogen (secondary N) is 2. The van der Waals surface area contributed by atoms with E-state index in [1.165, 1.54) is 10.5 Å². The van der Waals surface area contributed by atoms with Gasteiger partial charge in [0.25, 0.3) is 0 Å².